The Labute approximate surface area is 262 Å². The summed E-state index contributed by atoms with van der Waals surface area (Å²) < 4.78 is 28.6. The summed E-state index contributed by atoms with van der Waals surface area (Å²) in [4.78, 5) is 33.8. The first-order valence-corrected chi connectivity index (χ1v) is 16.2. The molecule has 4 fully saturated rings. The summed E-state index contributed by atoms with van der Waals surface area (Å²) in [6.45, 7) is 11.3. The smallest absolute Gasteiger partial charge is 0.410 e. The summed E-state index contributed by atoms with van der Waals surface area (Å²) >= 11 is 6.61. The van der Waals surface area contributed by atoms with Crippen molar-refractivity contribution in [2.45, 2.75) is 89.4 Å². The van der Waals surface area contributed by atoms with Gasteiger partial charge in [0.05, 0.1) is 28.0 Å². The predicted molar refractivity (Wildman–Crippen MR) is 168 cm³/mol. The van der Waals surface area contributed by atoms with E-state index in [0.717, 1.165) is 57.2 Å². The van der Waals surface area contributed by atoms with Gasteiger partial charge in [0.2, 0.25) is 0 Å². The molecular formula is C33H40ClFN6O3. The van der Waals surface area contributed by atoms with Crippen molar-refractivity contribution in [3.05, 3.63) is 40.8 Å². The molecule has 44 heavy (non-hydrogen) atoms. The lowest BCUT2D eigenvalue weighted by Crippen LogP contribution is -2.57. The number of ether oxygens (including phenoxy) is 2. The van der Waals surface area contributed by atoms with Crippen molar-refractivity contribution in [2.24, 2.45) is 0 Å². The van der Waals surface area contributed by atoms with Gasteiger partial charge in [0.1, 0.15) is 29.2 Å². The number of carbonyl (C=O) groups excluding carboxylic acids is 1. The number of fused-ring (bicyclic) bond motifs is 4. The van der Waals surface area contributed by atoms with Gasteiger partial charge in [-0.2, -0.15) is 9.97 Å². The zero-order valence-corrected chi connectivity index (χ0v) is 26.7. The highest BCUT2D eigenvalue weighted by molar-refractivity contribution is 6.34. The predicted octanol–water partition coefficient (Wildman–Crippen LogP) is 6.39. The minimum atomic E-state index is -0.572. The number of rotatable bonds is 5. The maximum atomic E-state index is 16.5. The molecule has 3 aromatic rings. The van der Waals surface area contributed by atoms with Gasteiger partial charge < -0.3 is 14.4 Å². The molecule has 7 rings (SSSR count). The number of hydrogen-bond acceptors (Lipinski definition) is 8. The highest BCUT2D eigenvalue weighted by atomic mass is 35.5. The van der Waals surface area contributed by atoms with Gasteiger partial charge in [0, 0.05) is 24.8 Å². The molecule has 1 amide bonds. The van der Waals surface area contributed by atoms with E-state index in [9.17, 15) is 4.79 Å². The Kier molecular flexibility index (Phi) is 7.35. The molecule has 4 saturated heterocycles. The molecule has 0 saturated carbocycles. The Balaban J connectivity index is 1.27. The standard InChI is InChI=1S/C33H40ClFN6O3/c1-20-8-5-9-23(25(20)34)27-26(35)28-24(16-36-27)29(38-30(37-28)43-19-33-12-6-14-40(33)15-7-13-33)39-17-21-10-11-22(18-39)41(21)31(42)44-32(2,3)4/h5,8-9,16,21-22H,6-7,10-15,17-19H2,1-4H3. The SMILES string of the molecule is Cc1cccc(-c2ncc3c(N4CC5CCC(C4)N5C(=O)OC(C)(C)C)nc(OCC45CCCN4CCC5)nc3c2F)c1Cl. The number of hydrogen-bond donors (Lipinski definition) is 0. The highest BCUT2D eigenvalue weighted by Crippen LogP contribution is 2.41. The van der Waals surface area contributed by atoms with E-state index >= 15 is 4.39 Å². The number of pyridine rings is 1. The molecule has 0 spiro atoms. The summed E-state index contributed by atoms with van der Waals surface area (Å²) in [5.41, 5.74) is 1.08. The van der Waals surface area contributed by atoms with Crippen molar-refractivity contribution in [1.29, 1.82) is 0 Å². The van der Waals surface area contributed by atoms with Crippen LogP contribution in [-0.4, -0.2) is 86.9 Å². The van der Waals surface area contributed by atoms with Crippen molar-refractivity contribution in [3.8, 4) is 17.3 Å². The van der Waals surface area contributed by atoms with Crippen LogP contribution in [0.1, 0.15) is 64.9 Å². The van der Waals surface area contributed by atoms with E-state index in [1.165, 1.54) is 0 Å². The van der Waals surface area contributed by atoms with Crippen LogP contribution in [0.15, 0.2) is 24.4 Å². The Morgan fingerprint density at radius 1 is 1.11 bits per heavy atom. The summed E-state index contributed by atoms with van der Waals surface area (Å²) in [6.07, 6.45) is 7.56. The molecule has 234 valence electrons. The molecule has 2 bridgehead atoms. The van der Waals surface area contributed by atoms with Crippen molar-refractivity contribution in [1.82, 2.24) is 24.8 Å². The number of benzene rings is 1. The lowest BCUT2D eigenvalue weighted by molar-refractivity contribution is 0.0122. The van der Waals surface area contributed by atoms with Gasteiger partial charge in [-0.3, -0.25) is 14.8 Å². The number of nitrogens with zero attached hydrogens (tertiary/aromatic N) is 6. The molecule has 4 aliphatic rings. The highest BCUT2D eigenvalue weighted by Gasteiger charge is 2.46. The third-order valence-corrected chi connectivity index (χ3v) is 10.3. The minimum absolute atomic E-state index is 0.00628. The van der Waals surface area contributed by atoms with Crippen LogP contribution in [0.4, 0.5) is 15.0 Å². The van der Waals surface area contributed by atoms with Crippen molar-refractivity contribution < 1.29 is 18.7 Å². The third kappa shape index (κ3) is 5.13. The normalized spacial score (nSPS) is 23.0. The Morgan fingerprint density at radius 3 is 2.50 bits per heavy atom. The van der Waals surface area contributed by atoms with E-state index < -0.39 is 11.4 Å². The van der Waals surface area contributed by atoms with Crippen LogP contribution in [0.2, 0.25) is 5.02 Å². The molecule has 2 unspecified atom stereocenters. The summed E-state index contributed by atoms with van der Waals surface area (Å²) in [5, 5.41) is 0.967. The van der Waals surface area contributed by atoms with Crippen molar-refractivity contribution in [3.63, 3.8) is 0 Å². The van der Waals surface area contributed by atoms with Gasteiger partial charge in [0.15, 0.2) is 5.82 Å². The number of anilines is 1. The van der Waals surface area contributed by atoms with Crippen LogP contribution in [0.3, 0.4) is 0 Å². The number of halogens is 2. The molecule has 0 radical (unpaired) electrons. The van der Waals surface area contributed by atoms with E-state index in [0.29, 0.717) is 41.5 Å². The van der Waals surface area contributed by atoms with Crippen molar-refractivity contribution in [2.75, 3.05) is 37.7 Å². The van der Waals surface area contributed by atoms with Gasteiger partial charge in [-0.1, -0.05) is 29.8 Å². The van der Waals surface area contributed by atoms with E-state index in [1.807, 2.05) is 44.7 Å². The molecule has 9 nitrogen and oxygen atoms in total. The van der Waals surface area contributed by atoms with Gasteiger partial charge >= 0.3 is 12.1 Å². The van der Waals surface area contributed by atoms with E-state index in [4.69, 9.17) is 26.1 Å². The monoisotopic (exact) mass is 622 g/mol. The van der Waals surface area contributed by atoms with Crippen LogP contribution in [0, 0.1) is 12.7 Å². The largest absolute Gasteiger partial charge is 0.461 e. The average molecular weight is 623 g/mol. The maximum Gasteiger partial charge on any atom is 0.410 e. The van der Waals surface area contributed by atoms with Gasteiger partial charge in [-0.25, -0.2) is 9.18 Å². The van der Waals surface area contributed by atoms with Crippen LogP contribution >= 0.6 is 11.6 Å². The first-order chi connectivity index (χ1) is 21.0. The fourth-order valence-electron chi connectivity index (χ4n) is 7.69. The Morgan fingerprint density at radius 2 is 1.82 bits per heavy atom. The fourth-order valence-corrected chi connectivity index (χ4v) is 7.91. The first kappa shape index (κ1) is 29.5. The Bertz CT molecular complexity index is 1590. The number of aryl methyl sites for hydroxylation is 1. The van der Waals surface area contributed by atoms with Crippen molar-refractivity contribution >= 4 is 34.4 Å². The number of piperazine rings is 1. The number of amides is 1. The van der Waals surface area contributed by atoms with E-state index in [-0.39, 0.29) is 40.9 Å². The number of aromatic nitrogens is 3. The topological polar surface area (TPSA) is 83.9 Å². The molecule has 0 N–H and O–H groups in total. The van der Waals surface area contributed by atoms with Crippen LogP contribution in [0.25, 0.3) is 22.2 Å². The van der Waals surface area contributed by atoms with Crippen LogP contribution in [0.5, 0.6) is 6.01 Å². The summed E-state index contributed by atoms with van der Waals surface area (Å²) in [5.74, 6) is 0.0200. The maximum absolute atomic E-state index is 16.5. The first-order valence-electron chi connectivity index (χ1n) is 15.8. The summed E-state index contributed by atoms with van der Waals surface area (Å²) in [6, 6.07) is 5.59. The molecule has 6 heterocycles. The van der Waals surface area contributed by atoms with Gasteiger partial charge in [0.25, 0.3) is 0 Å². The Hall–Kier alpha value is -3.24. The molecule has 2 atom stereocenters. The lowest BCUT2D eigenvalue weighted by atomic mass is 9.95. The zero-order valence-electron chi connectivity index (χ0n) is 25.9. The lowest BCUT2D eigenvalue weighted by Gasteiger charge is -2.42. The molecular weight excluding hydrogens is 583 g/mol. The van der Waals surface area contributed by atoms with Crippen LogP contribution < -0.4 is 9.64 Å². The molecule has 11 heteroatoms. The third-order valence-electron chi connectivity index (χ3n) is 9.76. The van der Waals surface area contributed by atoms with E-state index in [2.05, 4.69) is 19.8 Å². The molecule has 0 aliphatic carbocycles. The summed E-state index contributed by atoms with van der Waals surface area (Å²) in [7, 11) is 0. The van der Waals surface area contributed by atoms with Gasteiger partial charge in [-0.15, -0.1) is 0 Å². The molecule has 1 aromatic carbocycles. The minimum Gasteiger partial charge on any atom is -0.461 e. The second kappa shape index (κ2) is 11.0. The van der Waals surface area contributed by atoms with Gasteiger partial charge in [-0.05, 0) is 84.9 Å². The molecule has 2 aromatic heterocycles. The second-order valence-corrected chi connectivity index (χ2v) is 14.2. The fraction of sp³-hybridized carbons (Fsp3) is 0.576. The quantitative estimate of drug-likeness (QED) is 0.324. The second-order valence-electron chi connectivity index (χ2n) is 13.8. The zero-order chi connectivity index (χ0) is 30.8. The molecule has 4 aliphatic heterocycles. The van der Waals surface area contributed by atoms with Crippen LogP contribution in [-0.2, 0) is 4.74 Å². The average Bonchev–Trinajstić information content (AvgIpc) is 3.63. The number of carbonyl (C=O) groups is 1. The van der Waals surface area contributed by atoms with E-state index in [1.54, 1.807) is 12.3 Å².